The summed E-state index contributed by atoms with van der Waals surface area (Å²) in [5.74, 6) is -0.811. The molecule has 0 N–H and O–H groups in total. The first-order chi connectivity index (χ1) is 18.0. The van der Waals surface area contributed by atoms with Crippen molar-refractivity contribution in [2.75, 3.05) is 68.7 Å². The van der Waals surface area contributed by atoms with Crippen molar-refractivity contribution in [3.8, 4) is 0 Å². The molecule has 0 bridgehead atoms. The van der Waals surface area contributed by atoms with E-state index >= 15 is 0 Å². The zero-order valence-electron chi connectivity index (χ0n) is 22.9. The Bertz CT molecular complexity index is 964. The molecule has 0 radical (unpaired) electrons. The molecule has 26 heteroatoms. The third kappa shape index (κ3) is 26.6. The summed E-state index contributed by atoms with van der Waals surface area (Å²) in [5, 5.41) is 0.852. The predicted molar refractivity (Wildman–Crippen MR) is 132 cm³/mol. The lowest BCUT2D eigenvalue weighted by atomic mass is 10.7. The Morgan fingerprint density at radius 3 is 1.17 bits per heavy atom. The van der Waals surface area contributed by atoms with E-state index in [1.807, 2.05) is 38.0 Å². The molecule has 0 fully saturated rings. The van der Waals surface area contributed by atoms with Crippen molar-refractivity contribution in [1.82, 2.24) is 19.6 Å². The van der Waals surface area contributed by atoms with E-state index in [4.69, 9.17) is 25.2 Å². The van der Waals surface area contributed by atoms with Crippen molar-refractivity contribution in [1.29, 1.82) is 0 Å². The fourth-order valence-electron chi connectivity index (χ4n) is 1.54. The second-order valence-corrected chi connectivity index (χ2v) is 12.3. The van der Waals surface area contributed by atoms with E-state index in [1.54, 1.807) is 38.0 Å². The molecule has 0 saturated heterocycles. The van der Waals surface area contributed by atoms with Gasteiger partial charge in [0.25, 0.3) is 0 Å². The van der Waals surface area contributed by atoms with Gasteiger partial charge < -0.3 is 14.4 Å². The van der Waals surface area contributed by atoms with Crippen LogP contribution in [0.15, 0.2) is 0 Å². The second kappa shape index (κ2) is 18.7. The molecule has 10 nitrogen and oxygen atoms in total. The molecule has 258 valence electrons. The summed E-state index contributed by atoms with van der Waals surface area (Å²) in [5.41, 5.74) is -11.7. The lowest BCUT2D eigenvalue weighted by molar-refractivity contribution is -0.156. The molecule has 0 aromatic rings. The molecule has 0 unspecified atom stereocenters. The molecule has 42 heavy (non-hydrogen) atoms. The first-order valence-electron chi connectivity index (χ1n) is 9.94. The Kier molecular flexibility index (Phi) is 21.3. The predicted octanol–water partition coefficient (Wildman–Crippen LogP) is 3.55. The Labute approximate surface area is 244 Å². The summed E-state index contributed by atoms with van der Waals surface area (Å²) in [4.78, 5) is 7.29. The van der Waals surface area contributed by atoms with Gasteiger partial charge in [0.2, 0.25) is 0 Å². The third-order valence-corrected chi connectivity index (χ3v) is 6.92. The van der Waals surface area contributed by atoms with Crippen LogP contribution in [0.25, 0.3) is 0 Å². The molecule has 0 aromatic carbocycles. The molecular weight excluding hydrogens is 700 g/mol. The molecule has 0 aliphatic heterocycles. The number of thioether (sulfide) groups is 1. The second-order valence-electron chi connectivity index (χ2n) is 7.93. The SMILES string of the molecule is CN(C)C(=S)N(C)C.CN(C)C(SCC(F)(F)F)N(C)C.O=S(=O)(OCC(F)(F)F)C(F)(F)F.O=S(=O)([O-])C(F)(F)F. The van der Waals surface area contributed by atoms with E-state index in [0.29, 0.717) is 0 Å². The standard InChI is InChI=1S/C7H15F3N2S.C5H12N2S.C3H2F6O3S.CHF3O3S/c1-11(2)6(12(3)4)13-5-7(8,9)10;1-6(2)5(8)7(3)4;4-2(5,6)1-12-13(10,11)3(7,8)9;2-1(3,4)8(5,6)7/h6H,5H2,1-4H3;1-4H3;1H2;(H,5,6,7)/p-1. The van der Waals surface area contributed by atoms with Crippen LogP contribution in [-0.2, 0) is 24.4 Å². The van der Waals surface area contributed by atoms with E-state index in [0.717, 1.165) is 16.9 Å². The highest BCUT2D eigenvalue weighted by atomic mass is 32.2. The van der Waals surface area contributed by atoms with E-state index in [1.165, 1.54) is 0 Å². The number of hydrogen-bond donors (Lipinski definition) is 0. The number of hydrogen-bond acceptors (Lipinski definition) is 10. The third-order valence-electron chi connectivity index (χ3n) is 2.99. The normalized spacial score (nSPS) is 13.0. The van der Waals surface area contributed by atoms with Gasteiger partial charge in [-0.25, -0.2) is 8.42 Å². The van der Waals surface area contributed by atoms with Crippen LogP contribution in [0, 0.1) is 0 Å². The number of nitrogens with zero attached hydrogens (tertiary/aromatic N) is 4. The van der Waals surface area contributed by atoms with Gasteiger partial charge in [0, 0.05) is 28.2 Å². The summed E-state index contributed by atoms with van der Waals surface area (Å²) in [6.45, 7) is -2.49. The van der Waals surface area contributed by atoms with Gasteiger partial charge in [0.1, 0.15) is 5.50 Å². The van der Waals surface area contributed by atoms with Crippen LogP contribution in [0.3, 0.4) is 0 Å². The summed E-state index contributed by atoms with van der Waals surface area (Å²) in [7, 11) is 2.52. The Balaban J connectivity index is -0.000000235. The van der Waals surface area contributed by atoms with Crippen LogP contribution in [0.5, 0.6) is 0 Å². The lowest BCUT2D eigenvalue weighted by Crippen LogP contribution is -2.38. The Morgan fingerprint density at radius 2 is 1.02 bits per heavy atom. The zero-order valence-corrected chi connectivity index (χ0v) is 26.2. The minimum Gasteiger partial charge on any atom is -0.741 e. The van der Waals surface area contributed by atoms with E-state index in [-0.39, 0.29) is 5.50 Å². The van der Waals surface area contributed by atoms with Crippen LogP contribution < -0.4 is 0 Å². The molecule has 0 amide bonds. The van der Waals surface area contributed by atoms with Gasteiger partial charge in [0.15, 0.2) is 21.8 Å². The van der Waals surface area contributed by atoms with E-state index < -0.39 is 56.0 Å². The maximum Gasteiger partial charge on any atom is 0.523 e. The van der Waals surface area contributed by atoms with Crippen molar-refractivity contribution in [2.45, 2.75) is 28.9 Å². The molecule has 0 aliphatic carbocycles. The Hall–Kier alpha value is -1.06. The maximum absolute atomic E-state index is 11.9. The van der Waals surface area contributed by atoms with Gasteiger partial charge in [-0.3, -0.25) is 14.0 Å². The molecule has 0 spiro atoms. The first kappa shape index (κ1) is 47.9. The lowest BCUT2D eigenvalue weighted by Gasteiger charge is -2.29. The van der Waals surface area contributed by atoms with E-state index in [9.17, 15) is 61.1 Å². The summed E-state index contributed by atoms with van der Waals surface area (Å²) in [6, 6.07) is 0. The average Bonchev–Trinajstić information content (AvgIpc) is 2.69. The molecular formula is C16H29F12N4O6S4-. The number of halogens is 12. The Morgan fingerprint density at radius 1 is 0.714 bits per heavy atom. The van der Waals surface area contributed by atoms with Crippen LogP contribution in [-0.4, -0.2) is 144 Å². The first-order valence-corrected chi connectivity index (χ1v) is 14.2. The largest absolute Gasteiger partial charge is 0.741 e. The van der Waals surface area contributed by atoms with Gasteiger partial charge in [-0.05, 0) is 40.4 Å². The monoisotopic (exact) mass is 729 g/mol. The van der Waals surface area contributed by atoms with Gasteiger partial charge >= 0.3 is 33.5 Å². The van der Waals surface area contributed by atoms with Gasteiger partial charge in [-0.2, -0.15) is 61.1 Å². The molecule has 0 rings (SSSR count). The maximum atomic E-state index is 11.9. The molecule has 0 aromatic heterocycles. The van der Waals surface area contributed by atoms with Crippen LogP contribution >= 0.6 is 24.0 Å². The van der Waals surface area contributed by atoms with Crippen LogP contribution in [0.4, 0.5) is 52.7 Å². The van der Waals surface area contributed by atoms with Crippen molar-refractivity contribution >= 4 is 49.3 Å². The smallest absolute Gasteiger partial charge is 0.523 e. The van der Waals surface area contributed by atoms with E-state index in [2.05, 4.69) is 4.18 Å². The molecule has 0 aliphatic rings. The highest BCUT2D eigenvalue weighted by molar-refractivity contribution is 7.99. The summed E-state index contributed by atoms with van der Waals surface area (Å²) in [6.07, 6.45) is -9.22. The topological polar surface area (TPSA) is 114 Å². The van der Waals surface area contributed by atoms with Crippen molar-refractivity contribution in [3.05, 3.63) is 0 Å². The number of thiocarbonyl (C=S) groups is 1. The van der Waals surface area contributed by atoms with Crippen LogP contribution in [0.1, 0.15) is 0 Å². The molecule has 0 heterocycles. The van der Waals surface area contributed by atoms with Gasteiger partial charge in [-0.1, -0.05) is 0 Å². The van der Waals surface area contributed by atoms with Gasteiger partial charge in [0.05, 0.1) is 5.75 Å². The van der Waals surface area contributed by atoms with Crippen LogP contribution in [0.2, 0.25) is 0 Å². The summed E-state index contributed by atoms with van der Waals surface area (Å²) < 4.78 is 185. The average molecular weight is 730 g/mol. The fraction of sp³-hybridized carbons (Fsp3) is 0.938. The van der Waals surface area contributed by atoms with Crippen molar-refractivity contribution in [3.63, 3.8) is 0 Å². The minimum atomic E-state index is -6.15. The fourth-order valence-corrected chi connectivity index (χ4v) is 2.90. The number of alkyl halides is 12. The minimum absolute atomic E-state index is 0.235. The highest BCUT2D eigenvalue weighted by Crippen LogP contribution is 2.27. The van der Waals surface area contributed by atoms with Gasteiger partial charge in [-0.15, -0.1) is 11.8 Å². The zero-order chi connectivity index (χ0) is 35.3. The quantitative estimate of drug-likeness (QED) is 0.0996. The van der Waals surface area contributed by atoms with Crippen molar-refractivity contribution < 1.29 is 78.3 Å². The molecule has 0 saturated carbocycles. The van der Waals surface area contributed by atoms with Crippen molar-refractivity contribution in [2.24, 2.45) is 0 Å². The number of rotatable bonds is 6. The summed E-state index contributed by atoms with van der Waals surface area (Å²) >= 11 is 5.83. The highest BCUT2D eigenvalue weighted by Gasteiger charge is 2.49. The molecule has 0 atom stereocenters.